The molecule has 17 heavy (non-hydrogen) atoms. The van der Waals surface area contributed by atoms with Crippen LogP contribution in [0, 0.1) is 0 Å². The molecule has 86 valence electrons. The summed E-state index contributed by atoms with van der Waals surface area (Å²) in [5.41, 5.74) is 0.224. The number of fused-ring (bicyclic) bond motifs is 1. The first-order chi connectivity index (χ1) is 8.33. The van der Waals surface area contributed by atoms with E-state index < -0.39 is 0 Å². The number of anilines is 1. The van der Waals surface area contributed by atoms with E-state index in [0.717, 1.165) is 5.76 Å². The second kappa shape index (κ2) is 3.78. The Balaban J connectivity index is 1.88. The average Bonchev–Trinajstić information content (AvgIpc) is 2.97. The zero-order valence-electron chi connectivity index (χ0n) is 8.73. The smallest absolute Gasteiger partial charge is 0.263 e. The second-order valence-corrected chi connectivity index (χ2v) is 3.48. The summed E-state index contributed by atoms with van der Waals surface area (Å²) in [6.07, 6.45) is 3.03. The van der Waals surface area contributed by atoms with Gasteiger partial charge in [-0.05, 0) is 12.1 Å². The molecule has 0 aromatic carbocycles. The van der Waals surface area contributed by atoms with Crippen LogP contribution in [-0.4, -0.2) is 20.2 Å². The molecule has 0 fully saturated rings. The van der Waals surface area contributed by atoms with Gasteiger partial charge in [0.2, 0.25) is 5.95 Å². The van der Waals surface area contributed by atoms with Crippen molar-refractivity contribution in [1.82, 2.24) is 20.2 Å². The number of aromatic nitrogens is 4. The maximum absolute atomic E-state index is 11.6. The molecule has 3 aromatic heterocycles. The molecular weight excluding hydrogens is 222 g/mol. The number of rotatable bonds is 3. The number of furan rings is 1. The van der Waals surface area contributed by atoms with E-state index in [0.29, 0.717) is 23.5 Å². The third-order valence-electron chi connectivity index (χ3n) is 2.33. The van der Waals surface area contributed by atoms with Crippen molar-refractivity contribution in [2.24, 2.45) is 0 Å². The minimum atomic E-state index is -0.231. The summed E-state index contributed by atoms with van der Waals surface area (Å²) in [7, 11) is 0. The van der Waals surface area contributed by atoms with Crippen LogP contribution >= 0.6 is 0 Å². The number of nitrogens with zero attached hydrogens (tertiary/aromatic N) is 2. The maximum Gasteiger partial charge on any atom is 0.263 e. The molecule has 0 atom stereocenters. The van der Waals surface area contributed by atoms with Crippen LogP contribution < -0.4 is 10.9 Å². The molecule has 0 radical (unpaired) electrons. The monoisotopic (exact) mass is 231 g/mol. The summed E-state index contributed by atoms with van der Waals surface area (Å²) in [4.78, 5) is 18.4. The molecule has 0 aliphatic carbocycles. The van der Waals surface area contributed by atoms with Crippen LogP contribution in [-0.2, 0) is 6.54 Å². The maximum atomic E-state index is 11.6. The standard InChI is InChI=1S/C10H9N5O2/c16-9-7-5-12-15-8(7)13-10(14-9)11-4-6-2-1-3-17-6/h1-3,5H,4H2,(H3,11,12,13,14,15,16). The fourth-order valence-corrected chi connectivity index (χ4v) is 1.51. The van der Waals surface area contributed by atoms with E-state index in [1.54, 1.807) is 12.3 Å². The van der Waals surface area contributed by atoms with Crippen molar-refractivity contribution in [3.63, 3.8) is 0 Å². The lowest BCUT2D eigenvalue weighted by Gasteiger charge is -2.02. The third kappa shape index (κ3) is 1.78. The summed E-state index contributed by atoms with van der Waals surface area (Å²) in [6.45, 7) is 0.454. The van der Waals surface area contributed by atoms with Crippen LogP contribution in [0.4, 0.5) is 5.95 Å². The molecule has 3 aromatic rings. The Hall–Kier alpha value is -2.57. The van der Waals surface area contributed by atoms with E-state index in [1.807, 2.05) is 6.07 Å². The van der Waals surface area contributed by atoms with E-state index in [1.165, 1.54) is 6.20 Å². The van der Waals surface area contributed by atoms with Gasteiger partial charge in [0, 0.05) is 0 Å². The number of H-pyrrole nitrogens is 2. The predicted octanol–water partition coefficient (Wildman–Crippen LogP) is 0.851. The Kier molecular flexibility index (Phi) is 2.14. The van der Waals surface area contributed by atoms with Gasteiger partial charge in [-0.3, -0.25) is 14.9 Å². The molecule has 0 bridgehead atoms. The highest BCUT2D eigenvalue weighted by atomic mass is 16.3. The van der Waals surface area contributed by atoms with E-state index in [9.17, 15) is 4.79 Å². The fraction of sp³-hybridized carbons (Fsp3) is 0.100. The minimum Gasteiger partial charge on any atom is -0.467 e. The molecule has 0 saturated heterocycles. The third-order valence-corrected chi connectivity index (χ3v) is 2.33. The van der Waals surface area contributed by atoms with Crippen molar-refractivity contribution < 1.29 is 4.42 Å². The fourth-order valence-electron chi connectivity index (χ4n) is 1.51. The second-order valence-electron chi connectivity index (χ2n) is 3.48. The number of aromatic amines is 2. The van der Waals surface area contributed by atoms with Crippen molar-refractivity contribution >= 4 is 17.0 Å². The highest BCUT2D eigenvalue weighted by Gasteiger charge is 2.05. The summed E-state index contributed by atoms with van der Waals surface area (Å²) < 4.78 is 5.16. The van der Waals surface area contributed by atoms with Crippen LogP contribution in [0.3, 0.4) is 0 Å². The van der Waals surface area contributed by atoms with Gasteiger partial charge in [-0.1, -0.05) is 0 Å². The van der Waals surface area contributed by atoms with Gasteiger partial charge in [0.25, 0.3) is 5.56 Å². The van der Waals surface area contributed by atoms with Gasteiger partial charge in [0.1, 0.15) is 11.1 Å². The number of hydrogen-bond donors (Lipinski definition) is 3. The average molecular weight is 231 g/mol. The molecule has 3 rings (SSSR count). The Morgan fingerprint density at radius 2 is 2.41 bits per heavy atom. The normalized spacial score (nSPS) is 10.8. The SMILES string of the molecule is O=c1[nH]c(NCc2ccco2)nc2[nH]ncc12. The van der Waals surface area contributed by atoms with Gasteiger partial charge in [-0.2, -0.15) is 10.1 Å². The summed E-state index contributed by atoms with van der Waals surface area (Å²) in [6, 6.07) is 3.63. The van der Waals surface area contributed by atoms with Crippen molar-refractivity contribution in [2.45, 2.75) is 6.54 Å². The first-order valence-corrected chi connectivity index (χ1v) is 5.02. The minimum absolute atomic E-state index is 0.231. The highest BCUT2D eigenvalue weighted by molar-refractivity contribution is 5.73. The van der Waals surface area contributed by atoms with Gasteiger partial charge < -0.3 is 9.73 Å². The van der Waals surface area contributed by atoms with Crippen LogP contribution in [0.15, 0.2) is 33.8 Å². The van der Waals surface area contributed by atoms with Crippen molar-refractivity contribution in [3.8, 4) is 0 Å². The molecule has 7 heteroatoms. The predicted molar refractivity (Wildman–Crippen MR) is 60.5 cm³/mol. The zero-order chi connectivity index (χ0) is 11.7. The first kappa shape index (κ1) is 9.64. The van der Waals surface area contributed by atoms with E-state index in [4.69, 9.17) is 4.42 Å². The highest BCUT2D eigenvalue weighted by Crippen LogP contribution is 2.06. The molecule has 0 amide bonds. The Bertz CT molecular complexity index is 682. The molecule has 0 saturated carbocycles. The molecule has 3 N–H and O–H groups in total. The van der Waals surface area contributed by atoms with E-state index in [2.05, 4.69) is 25.5 Å². The summed E-state index contributed by atoms with van der Waals surface area (Å²) >= 11 is 0. The van der Waals surface area contributed by atoms with Crippen LogP contribution in [0.25, 0.3) is 11.0 Å². The van der Waals surface area contributed by atoms with Gasteiger partial charge in [-0.15, -0.1) is 0 Å². The van der Waals surface area contributed by atoms with Crippen molar-refractivity contribution in [2.75, 3.05) is 5.32 Å². The lowest BCUT2D eigenvalue weighted by Crippen LogP contribution is -2.12. The van der Waals surface area contributed by atoms with Gasteiger partial charge in [-0.25, -0.2) is 0 Å². The van der Waals surface area contributed by atoms with Gasteiger partial charge in [0.15, 0.2) is 5.65 Å². The van der Waals surface area contributed by atoms with Gasteiger partial charge >= 0.3 is 0 Å². The van der Waals surface area contributed by atoms with Crippen LogP contribution in [0.5, 0.6) is 0 Å². The molecule has 0 aliphatic rings. The summed E-state index contributed by atoms with van der Waals surface area (Å²) in [5.74, 6) is 1.14. The number of nitrogens with one attached hydrogen (secondary N) is 3. The molecule has 7 nitrogen and oxygen atoms in total. The van der Waals surface area contributed by atoms with Gasteiger partial charge in [0.05, 0.1) is 19.0 Å². The lowest BCUT2D eigenvalue weighted by molar-refractivity contribution is 0.517. The van der Waals surface area contributed by atoms with Crippen LogP contribution in [0.1, 0.15) is 5.76 Å². The summed E-state index contributed by atoms with van der Waals surface area (Å²) in [5, 5.41) is 9.81. The topological polar surface area (TPSA) is 99.6 Å². The Labute approximate surface area is 94.9 Å². The molecule has 0 aliphatic heterocycles. The molecule has 0 unspecified atom stereocenters. The van der Waals surface area contributed by atoms with Crippen LogP contribution in [0.2, 0.25) is 0 Å². The van der Waals surface area contributed by atoms with E-state index in [-0.39, 0.29) is 5.56 Å². The van der Waals surface area contributed by atoms with Crippen molar-refractivity contribution in [3.05, 3.63) is 40.7 Å². The van der Waals surface area contributed by atoms with Crippen molar-refractivity contribution in [1.29, 1.82) is 0 Å². The van der Waals surface area contributed by atoms with E-state index >= 15 is 0 Å². The molecular formula is C10H9N5O2. The lowest BCUT2D eigenvalue weighted by atomic mass is 10.4. The largest absolute Gasteiger partial charge is 0.467 e. The molecule has 3 heterocycles. The quantitative estimate of drug-likeness (QED) is 0.620. The number of hydrogen-bond acceptors (Lipinski definition) is 5. The first-order valence-electron chi connectivity index (χ1n) is 5.02. The zero-order valence-corrected chi connectivity index (χ0v) is 8.73. The Morgan fingerprint density at radius 3 is 3.24 bits per heavy atom. The molecule has 0 spiro atoms. The Morgan fingerprint density at radius 1 is 1.47 bits per heavy atom.